The van der Waals surface area contributed by atoms with E-state index in [2.05, 4.69) is 4.98 Å². The van der Waals surface area contributed by atoms with Crippen molar-refractivity contribution in [3.05, 3.63) is 65.0 Å². The van der Waals surface area contributed by atoms with Crippen LogP contribution in [0, 0.1) is 0 Å². The number of fused-ring (bicyclic) bond motifs is 1. The molecule has 2 aromatic rings. The lowest BCUT2D eigenvalue weighted by molar-refractivity contribution is 0.0967. The molecule has 0 saturated carbocycles. The van der Waals surface area contributed by atoms with Crippen LogP contribution in [0.3, 0.4) is 0 Å². The summed E-state index contributed by atoms with van der Waals surface area (Å²) in [6.45, 7) is 0. The van der Waals surface area contributed by atoms with Gasteiger partial charge in [0.1, 0.15) is 11.4 Å². The summed E-state index contributed by atoms with van der Waals surface area (Å²) in [4.78, 5) is 28.4. The molecule has 0 N–H and O–H groups in total. The molecule has 0 atom stereocenters. The smallest absolute Gasteiger partial charge is 0.211 e. The van der Waals surface area contributed by atoms with E-state index in [1.807, 2.05) is 24.3 Å². The van der Waals surface area contributed by atoms with Gasteiger partial charge in [-0.3, -0.25) is 9.59 Å². The zero-order valence-electron chi connectivity index (χ0n) is 10.4. The summed E-state index contributed by atoms with van der Waals surface area (Å²) in [7, 11) is 0. The van der Waals surface area contributed by atoms with E-state index in [-0.39, 0.29) is 11.6 Å². The van der Waals surface area contributed by atoms with Crippen LogP contribution < -0.4 is 0 Å². The van der Waals surface area contributed by atoms with Crippen LogP contribution in [0.1, 0.15) is 44.9 Å². The number of nitrogens with zero attached hydrogens (tertiary/aromatic N) is 1. The number of ketones is 2. The van der Waals surface area contributed by atoms with Crippen LogP contribution in [0.2, 0.25) is 0 Å². The fourth-order valence-electron chi connectivity index (χ4n) is 2.35. The maximum Gasteiger partial charge on any atom is 0.211 e. The molecule has 1 aliphatic rings. The molecule has 1 aromatic heterocycles. The summed E-state index contributed by atoms with van der Waals surface area (Å²) < 4.78 is 0. The molecule has 0 aliphatic heterocycles. The van der Waals surface area contributed by atoms with Gasteiger partial charge in [0.2, 0.25) is 5.78 Å². The normalized spacial score (nSPS) is 14.0. The van der Waals surface area contributed by atoms with Crippen LogP contribution >= 0.6 is 0 Å². The molecule has 0 spiro atoms. The number of pyridine rings is 1. The van der Waals surface area contributed by atoms with Crippen LogP contribution in [-0.2, 0) is 6.42 Å². The second-order valence-corrected chi connectivity index (χ2v) is 4.68. The lowest BCUT2D eigenvalue weighted by atomic mass is 9.94. The highest BCUT2D eigenvalue weighted by atomic mass is 16.1. The van der Waals surface area contributed by atoms with Gasteiger partial charge in [0.25, 0.3) is 0 Å². The van der Waals surface area contributed by atoms with Crippen molar-refractivity contribution < 1.29 is 9.59 Å². The van der Waals surface area contributed by atoms with Crippen LogP contribution in [-0.4, -0.2) is 16.6 Å². The van der Waals surface area contributed by atoms with Crippen LogP contribution in [0.4, 0.5) is 0 Å². The number of Topliss-reactive ketones (excluding diaryl/α,β-unsaturated/α-hetero) is 1. The van der Waals surface area contributed by atoms with Gasteiger partial charge >= 0.3 is 0 Å². The van der Waals surface area contributed by atoms with Gasteiger partial charge in [-0.1, -0.05) is 36.4 Å². The monoisotopic (exact) mass is 251 g/mol. The fraction of sp³-hybridized carbons (Fsp3) is 0.188. The number of aryl methyl sites for hydroxylation is 1. The Hall–Kier alpha value is -2.29. The second-order valence-electron chi connectivity index (χ2n) is 4.68. The molecule has 1 heterocycles. The van der Waals surface area contributed by atoms with Crippen molar-refractivity contribution in [2.24, 2.45) is 0 Å². The third kappa shape index (κ3) is 2.19. The van der Waals surface area contributed by atoms with Gasteiger partial charge in [0.05, 0.1) is 0 Å². The van der Waals surface area contributed by atoms with Gasteiger partial charge in [-0.05, 0) is 24.5 Å². The molecule has 0 unspecified atom stereocenters. The zero-order valence-corrected chi connectivity index (χ0v) is 10.4. The van der Waals surface area contributed by atoms with Gasteiger partial charge in [0.15, 0.2) is 5.78 Å². The van der Waals surface area contributed by atoms with E-state index in [0.717, 1.165) is 18.4 Å². The summed E-state index contributed by atoms with van der Waals surface area (Å²) in [5, 5.41) is 0. The molecular formula is C16H13NO2. The molecule has 1 aromatic carbocycles. The van der Waals surface area contributed by atoms with E-state index in [4.69, 9.17) is 0 Å². The van der Waals surface area contributed by atoms with Gasteiger partial charge in [0, 0.05) is 12.0 Å². The summed E-state index contributed by atoms with van der Waals surface area (Å²) in [5.74, 6) is -0.0919. The standard InChI is InChI=1S/C16H13NO2/c18-14-8-4-7-11-9-10-13(17-15(11)14)16(19)12-5-2-1-3-6-12/h1-3,5-6,9-10H,4,7-8H2. The van der Waals surface area contributed by atoms with Crippen molar-refractivity contribution in [1.82, 2.24) is 4.98 Å². The molecule has 0 amide bonds. The van der Waals surface area contributed by atoms with Gasteiger partial charge in [-0.15, -0.1) is 0 Å². The third-order valence-electron chi connectivity index (χ3n) is 3.36. The average molecular weight is 251 g/mol. The van der Waals surface area contributed by atoms with Crippen LogP contribution in [0.25, 0.3) is 0 Å². The Morgan fingerprint density at radius 3 is 2.58 bits per heavy atom. The predicted molar refractivity (Wildman–Crippen MR) is 71.4 cm³/mol. The Morgan fingerprint density at radius 2 is 1.79 bits per heavy atom. The molecule has 3 rings (SSSR count). The first-order valence-electron chi connectivity index (χ1n) is 6.38. The molecule has 0 bridgehead atoms. The zero-order chi connectivity index (χ0) is 13.2. The quantitative estimate of drug-likeness (QED) is 0.771. The Balaban J connectivity index is 2.01. The lowest BCUT2D eigenvalue weighted by Gasteiger charge is -2.14. The number of rotatable bonds is 2. The van der Waals surface area contributed by atoms with Gasteiger partial charge < -0.3 is 0 Å². The maximum absolute atomic E-state index is 12.3. The molecule has 3 nitrogen and oxygen atoms in total. The van der Waals surface area contributed by atoms with Crippen LogP contribution in [0.5, 0.6) is 0 Å². The van der Waals surface area contributed by atoms with E-state index in [0.29, 0.717) is 23.4 Å². The van der Waals surface area contributed by atoms with Crippen molar-refractivity contribution in [1.29, 1.82) is 0 Å². The van der Waals surface area contributed by atoms with E-state index in [9.17, 15) is 9.59 Å². The van der Waals surface area contributed by atoms with Crippen molar-refractivity contribution in [2.45, 2.75) is 19.3 Å². The van der Waals surface area contributed by atoms with Crippen molar-refractivity contribution in [3.63, 3.8) is 0 Å². The highest BCUT2D eigenvalue weighted by Gasteiger charge is 2.20. The van der Waals surface area contributed by atoms with Crippen molar-refractivity contribution in [3.8, 4) is 0 Å². The fourth-order valence-corrected chi connectivity index (χ4v) is 2.35. The largest absolute Gasteiger partial charge is 0.292 e. The lowest BCUT2D eigenvalue weighted by Crippen LogP contribution is -2.16. The van der Waals surface area contributed by atoms with Gasteiger partial charge in [-0.25, -0.2) is 4.98 Å². The Labute approximate surface area is 111 Å². The average Bonchev–Trinajstić information content (AvgIpc) is 2.47. The van der Waals surface area contributed by atoms with Crippen LogP contribution in [0.15, 0.2) is 42.5 Å². The SMILES string of the molecule is O=C(c1ccccc1)c1ccc2c(n1)C(=O)CCC2. The summed E-state index contributed by atoms with van der Waals surface area (Å²) in [6, 6.07) is 12.6. The highest BCUT2D eigenvalue weighted by Crippen LogP contribution is 2.20. The Bertz CT molecular complexity index is 647. The topological polar surface area (TPSA) is 47.0 Å². The molecule has 19 heavy (non-hydrogen) atoms. The van der Waals surface area contributed by atoms with Gasteiger partial charge in [-0.2, -0.15) is 0 Å². The first-order chi connectivity index (χ1) is 9.25. The molecule has 94 valence electrons. The molecular weight excluding hydrogens is 238 g/mol. The molecule has 3 heteroatoms. The number of carbonyl (C=O) groups is 2. The maximum atomic E-state index is 12.3. The van der Waals surface area contributed by atoms with Crippen molar-refractivity contribution in [2.75, 3.05) is 0 Å². The van der Waals surface area contributed by atoms with Crippen molar-refractivity contribution >= 4 is 11.6 Å². The first kappa shape index (κ1) is 11.8. The van der Waals surface area contributed by atoms with E-state index < -0.39 is 0 Å². The number of aromatic nitrogens is 1. The first-order valence-corrected chi connectivity index (χ1v) is 6.38. The summed E-state index contributed by atoms with van der Waals surface area (Å²) >= 11 is 0. The number of hydrogen-bond donors (Lipinski definition) is 0. The third-order valence-corrected chi connectivity index (χ3v) is 3.36. The van der Waals surface area contributed by atoms with E-state index in [1.54, 1.807) is 18.2 Å². The second kappa shape index (κ2) is 4.76. The minimum atomic E-state index is -0.137. The summed E-state index contributed by atoms with van der Waals surface area (Å²) in [5.41, 5.74) is 2.38. The predicted octanol–water partition coefficient (Wildman–Crippen LogP) is 2.83. The molecule has 0 fully saturated rings. The Kier molecular flexibility index (Phi) is 2.95. The highest BCUT2D eigenvalue weighted by molar-refractivity contribution is 6.08. The van der Waals surface area contributed by atoms with E-state index in [1.165, 1.54) is 0 Å². The molecule has 0 radical (unpaired) electrons. The van der Waals surface area contributed by atoms with E-state index >= 15 is 0 Å². The summed E-state index contributed by atoms with van der Waals surface area (Å²) in [6.07, 6.45) is 2.27. The Morgan fingerprint density at radius 1 is 1.00 bits per heavy atom. The molecule has 1 aliphatic carbocycles. The number of benzene rings is 1. The number of hydrogen-bond acceptors (Lipinski definition) is 3. The minimum absolute atomic E-state index is 0.0453. The molecule has 0 saturated heterocycles. The minimum Gasteiger partial charge on any atom is -0.292 e. The number of carbonyl (C=O) groups excluding carboxylic acids is 2.